The van der Waals surface area contributed by atoms with Gasteiger partial charge in [-0.1, -0.05) is 11.6 Å². The predicted molar refractivity (Wildman–Crippen MR) is 136 cm³/mol. The topological polar surface area (TPSA) is 74.1 Å². The quantitative estimate of drug-likeness (QED) is 0.158. The lowest BCUT2D eigenvalue weighted by atomic mass is 10.1. The third kappa shape index (κ3) is 4.58. The van der Waals surface area contributed by atoms with Gasteiger partial charge in [-0.05, 0) is 62.7 Å². The van der Waals surface area contributed by atoms with E-state index in [1.54, 1.807) is 38.1 Å². The standard InChI is InChI=1S/C25H22ClNO5S2/c1-4-31-18(28)13-33-25-21-20(23(34-25)22(29)15-6-8-16(26)9-7-15)19(24(30)32-5-2)17-12-14(3)10-11-27(17)21/h6-12H,4-5,13H2,1-3H3. The summed E-state index contributed by atoms with van der Waals surface area (Å²) in [6.07, 6.45) is 1.87. The van der Waals surface area contributed by atoms with Crippen LogP contribution < -0.4 is 0 Å². The van der Waals surface area contributed by atoms with Crippen LogP contribution in [-0.4, -0.2) is 41.1 Å². The first-order chi connectivity index (χ1) is 16.3. The summed E-state index contributed by atoms with van der Waals surface area (Å²) in [6, 6.07) is 10.5. The molecule has 0 aliphatic rings. The fourth-order valence-corrected chi connectivity index (χ4v) is 6.15. The summed E-state index contributed by atoms with van der Waals surface area (Å²) in [5, 5.41) is 1.05. The molecule has 0 fully saturated rings. The van der Waals surface area contributed by atoms with Crippen LogP contribution in [0.15, 0.2) is 46.8 Å². The van der Waals surface area contributed by atoms with Crippen LogP contribution >= 0.6 is 34.7 Å². The van der Waals surface area contributed by atoms with Crippen LogP contribution in [0.25, 0.3) is 16.4 Å². The van der Waals surface area contributed by atoms with E-state index in [0.29, 0.717) is 44.1 Å². The Morgan fingerprint density at radius 1 is 1.06 bits per heavy atom. The molecule has 4 rings (SSSR count). The number of rotatable bonds is 8. The number of esters is 2. The molecule has 1 aromatic carbocycles. The molecule has 4 aromatic rings. The first-order valence-electron chi connectivity index (χ1n) is 10.7. The second kappa shape index (κ2) is 10.2. The highest BCUT2D eigenvalue weighted by molar-refractivity contribution is 8.02. The molecular weight excluding hydrogens is 494 g/mol. The maximum absolute atomic E-state index is 13.6. The zero-order valence-corrected chi connectivity index (χ0v) is 21.2. The Morgan fingerprint density at radius 2 is 1.76 bits per heavy atom. The van der Waals surface area contributed by atoms with Gasteiger partial charge in [-0.25, -0.2) is 4.79 Å². The lowest BCUT2D eigenvalue weighted by Gasteiger charge is -2.05. The lowest BCUT2D eigenvalue weighted by Crippen LogP contribution is -2.06. The first-order valence-corrected chi connectivity index (χ1v) is 12.9. The van der Waals surface area contributed by atoms with Crippen LogP contribution in [0.2, 0.25) is 5.02 Å². The molecule has 0 bridgehead atoms. The summed E-state index contributed by atoms with van der Waals surface area (Å²) in [5.74, 6) is -0.980. The van der Waals surface area contributed by atoms with Crippen molar-refractivity contribution in [3.8, 4) is 0 Å². The van der Waals surface area contributed by atoms with Gasteiger partial charge in [0.2, 0.25) is 5.78 Å². The van der Waals surface area contributed by atoms with E-state index in [1.807, 2.05) is 29.7 Å². The summed E-state index contributed by atoms with van der Waals surface area (Å²) in [5.41, 5.74) is 3.12. The van der Waals surface area contributed by atoms with Crippen molar-refractivity contribution in [3.05, 3.63) is 69.2 Å². The van der Waals surface area contributed by atoms with E-state index in [4.69, 9.17) is 21.1 Å². The molecule has 0 N–H and O–H groups in total. The van der Waals surface area contributed by atoms with Gasteiger partial charge < -0.3 is 13.9 Å². The van der Waals surface area contributed by atoms with Crippen LogP contribution in [0.4, 0.5) is 0 Å². The smallest absolute Gasteiger partial charge is 0.341 e. The molecule has 9 heteroatoms. The number of fused-ring (bicyclic) bond motifs is 3. The first kappa shape index (κ1) is 24.3. The maximum atomic E-state index is 13.6. The van der Waals surface area contributed by atoms with E-state index in [9.17, 15) is 14.4 Å². The number of pyridine rings is 1. The van der Waals surface area contributed by atoms with Crippen LogP contribution in [-0.2, 0) is 14.3 Å². The van der Waals surface area contributed by atoms with E-state index in [2.05, 4.69) is 0 Å². The molecule has 0 saturated heterocycles. The van der Waals surface area contributed by atoms with E-state index in [0.717, 1.165) is 9.77 Å². The van der Waals surface area contributed by atoms with Crippen molar-refractivity contribution in [1.82, 2.24) is 4.40 Å². The largest absolute Gasteiger partial charge is 0.465 e. The highest BCUT2D eigenvalue weighted by Gasteiger charge is 2.30. The molecule has 0 atom stereocenters. The highest BCUT2D eigenvalue weighted by Crippen LogP contribution is 2.44. The zero-order chi connectivity index (χ0) is 24.4. The van der Waals surface area contributed by atoms with Gasteiger partial charge in [-0.2, -0.15) is 0 Å². The monoisotopic (exact) mass is 515 g/mol. The van der Waals surface area contributed by atoms with Gasteiger partial charge in [0.05, 0.1) is 44.6 Å². The second-order valence-corrected chi connectivity index (χ2v) is 10.1. The van der Waals surface area contributed by atoms with E-state index in [-0.39, 0.29) is 24.1 Å². The fraction of sp³-hybridized carbons (Fsp3) is 0.240. The normalized spacial score (nSPS) is 11.2. The fourth-order valence-electron chi connectivity index (χ4n) is 3.70. The number of nitrogens with zero attached hydrogens (tertiary/aromatic N) is 1. The Balaban J connectivity index is 1.98. The molecule has 6 nitrogen and oxygen atoms in total. The van der Waals surface area contributed by atoms with Gasteiger partial charge in [-0.3, -0.25) is 9.59 Å². The molecule has 176 valence electrons. The molecule has 0 aliphatic carbocycles. The van der Waals surface area contributed by atoms with Gasteiger partial charge in [0.15, 0.2) is 0 Å². The van der Waals surface area contributed by atoms with Crippen molar-refractivity contribution >= 4 is 68.8 Å². The number of hydrogen-bond acceptors (Lipinski definition) is 7. The van der Waals surface area contributed by atoms with Crippen LogP contribution in [0.1, 0.15) is 45.0 Å². The average Bonchev–Trinajstić information content (AvgIpc) is 3.33. The van der Waals surface area contributed by atoms with Gasteiger partial charge in [0.25, 0.3) is 0 Å². The van der Waals surface area contributed by atoms with Gasteiger partial charge >= 0.3 is 11.9 Å². The number of benzene rings is 1. The van der Waals surface area contributed by atoms with E-state index in [1.165, 1.54) is 23.1 Å². The highest BCUT2D eigenvalue weighted by atomic mass is 35.5. The van der Waals surface area contributed by atoms with Crippen molar-refractivity contribution in [1.29, 1.82) is 0 Å². The predicted octanol–water partition coefficient (Wildman–Crippen LogP) is 6.18. The summed E-state index contributed by atoms with van der Waals surface area (Å²) >= 11 is 8.56. The third-order valence-electron chi connectivity index (χ3n) is 5.13. The Kier molecular flexibility index (Phi) is 7.30. The maximum Gasteiger partial charge on any atom is 0.341 e. The Bertz CT molecular complexity index is 1400. The number of aryl methyl sites for hydroxylation is 1. The minimum Gasteiger partial charge on any atom is -0.465 e. The summed E-state index contributed by atoms with van der Waals surface area (Å²) in [7, 11) is 0. The average molecular weight is 516 g/mol. The number of carbonyl (C=O) groups is 3. The van der Waals surface area contributed by atoms with Crippen LogP contribution in [0, 0.1) is 6.92 Å². The van der Waals surface area contributed by atoms with Gasteiger partial charge in [-0.15, -0.1) is 23.1 Å². The molecule has 0 saturated carbocycles. The SMILES string of the molecule is CCOC(=O)CSc1sc(C(=O)c2ccc(Cl)cc2)c2c(C(=O)OCC)c3cc(C)ccn3c12. The molecule has 3 aromatic heterocycles. The van der Waals surface area contributed by atoms with Crippen molar-refractivity contribution in [2.24, 2.45) is 0 Å². The van der Waals surface area contributed by atoms with E-state index < -0.39 is 5.97 Å². The molecule has 0 unspecified atom stereocenters. The van der Waals surface area contributed by atoms with Crippen LogP contribution in [0.3, 0.4) is 0 Å². The van der Waals surface area contributed by atoms with Crippen molar-refractivity contribution in [3.63, 3.8) is 0 Å². The minimum absolute atomic E-state index is 0.0891. The molecule has 0 aliphatic heterocycles. The number of ketones is 1. The zero-order valence-electron chi connectivity index (χ0n) is 18.8. The van der Waals surface area contributed by atoms with E-state index >= 15 is 0 Å². The summed E-state index contributed by atoms with van der Waals surface area (Å²) in [6.45, 7) is 5.93. The Morgan fingerprint density at radius 3 is 2.44 bits per heavy atom. The molecule has 34 heavy (non-hydrogen) atoms. The number of hydrogen-bond donors (Lipinski definition) is 0. The summed E-state index contributed by atoms with van der Waals surface area (Å²) in [4.78, 5) is 39.2. The van der Waals surface area contributed by atoms with Crippen molar-refractivity contribution in [2.45, 2.75) is 25.0 Å². The molecule has 3 heterocycles. The number of halogens is 1. The van der Waals surface area contributed by atoms with Crippen LogP contribution in [0.5, 0.6) is 0 Å². The molecule has 0 spiro atoms. The number of aromatic nitrogens is 1. The second-order valence-electron chi connectivity index (χ2n) is 7.43. The third-order valence-corrected chi connectivity index (χ3v) is 7.79. The molecule has 0 amide bonds. The summed E-state index contributed by atoms with van der Waals surface area (Å²) < 4.78 is 13.1. The van der Waals surface area contributed by atoms with Gasteiger partial charge in [0, 0.05) is 22.2 Å². The minimum atomic E-state index is -0.495. The number of ether oxygens (including phenoxy) is 2. The van der Waals surface area contributed by atoms with Crippen molar-refractivity contribution < 1.29 is 23.9 Å². The molecular formula is C25H22ClNO5S2. The Hall–Kier alpha value is -2.81. The van der Waals surface area contributed by atoms with Crippen molar-refractivity contribution in [2.75, 3.05) is 19.0 Å². The number of carbonyl (C=O) groups excluding carboxylic acids is 3. The van der Waals surface area contributed by atoms with Gasteiger partial charge in [0.1, 0.15) is 0 Å². The Labute approximate surface area is 209 Å². The number of thiophene rings is 1. The number of thioether (sulfide) groups is 1. The molecule has 0 radical (unpaired) electrons. The lowest BCUT2D eigenvalue weighted by molar-refractivity contribution is -0.139.